The van der Waals surface area contributed by atoms with E-state index in [1.807, 2.05) is 0 Å². The first-order valence-corrected chi connectivity index (χ1v) is 7.20. The maximum absolute atomic E-state index is 8.60. The Bertz CT molecular complexity index is 207. The monoisotopic (exact) mass is 268 g/mol. The van der Waals surface area contributed by atoms with Crippen molar-refractivity contribution < 1.29 is 28.9 Å². The van der Waals surface area contributed by atoms with Gasteiger partial charge in [-0.25, -0.2) is 0 Å². The molecule has 2 fully saturated rings. The Morgan fingerprint density at radius 1 is 1.18 bits per heavy atom. The molecule has 0 amide bonds. The van der Waals surface area contributed by atoms with Crippen molar-refractivity contribution in [3.8, 4) is 0 Å². The first-order valence-electron chi connectivity index (χ1n) is 5.94. The number of hydrogen-bond donors (Lipinski definition) is 2. The maximum Gasteiger partial charge on any atom is 0.0777 e. The van der Waals surface area contributed by atoms with E-state index >= 15 is 0 Å². The molecule has 0 aromatic rings. The summed E-state index contributed by atoms with van der Waals surface area (Å²) >= 11 is 0. The molecule has 2 bridgehead atoms. The number of nitrogens with two attached hydrogens (primary N) is 1. The highest BCUT2D eigenvalue weighted by Gasteiger charge is 2.29. The molecular formula is C10H21ClN2O4. The van der Waals surface area contributed by atoms with Gasteiger partial charge in [-0.1, -0.05) is 6.42 Å². The highest BCUT2D eigenvalue weighted by Crippen LogP contribution is 2.33. The summed E-state index contributed by atoms with van der Waals surface area (Å²) in [5.74, 6) is 2.01. The summed E-state index contributed by atoms with van der Waals surface area (Å²) in [4.78, 5) is 2.57. The third kappa shape index (κ3) is 7.15. The van der Waals surface area contributed by atoms with Crippen LogP contribution >= 0.6 is 0 Å². The largest absolute Gasteiger partial charge is 0.329 e. The fraction of sp³-hybridized carbons (Fsp3) is 1.00. The number of hydrogen-bond acceptors (Lipinski definition) is 6. The summed E-state index contributed by atoms with van der Waals surface area (Å²) in [6, 6.07) is 0. The van der Waals surface area contributed by atoms with Gasteiger partial charge in [-0.05, 0) is 31.1 Å². The number of fused-ring (bicyclic) bond motifs is 2. The van der Waals surface area contributed by atoms with Crippen LogP contribution in [0.15, 0.2) is 0 Å². The smallest absolute Gasteiger partial charge is 0.0777 e. The lowest BCUT2D eigenvalue weighted by Gasteiger charge is -2.41. The van der Waals surface area contributed by atoms with Crippen LogP contribution < -0.4 is 19.7 Å². The average molecular weight is 269 g/mol. The van der Waals surface area contributed by atoms with E-state index in [0.29, 0.717) is 0 Å². The van der Waals surface area contributed by atoms with Gasteiger partial charge in [0.05, 0.1) is 14.9 Å². The zero-order valence-electron chi connectivity index (χ0n) is 9.89. The van der Waals surface area contributed by atoms with Crippen molar-refractivity contribution >= 4 is 0 Å². The number of halogens is 1. The first kappa shape index (κ1) is 15.1. The molecule has 6 nitrogen and oxygen atoms in total. The fourth-order valence-electron chi connectivity index (χ4n) is 2.90. The van der Waals surface area contributed by atoms with Gasteiger partial charge in [0.1, 0.15) is 0 Å². The van der Waals surface area contributed by atoms with Crippen LogP contribution in [-0.2, 0) is 0 Å². The number of rotatable bonds is 2. The van der Waals surface area contributed by atoms with E-state index < -0.39 is 10.2 Å². The summed E-state index contributed by atoms with van der Waals surface area (Å²) in [6.07, 6.45) is 5.92. The van der Waals surface area contributed by atoms with Crippen molar-refractivity contribution in [3.05, 3.63) is 0 Å². The molecule has 1 aliphatic heterocycles. The van der Waals surface area contributed by atoms with E-state index in [0.717, 1.165) is 24.9 Å². The molecule has 2 unspecified atom stereocenters. The highest BCUT2D eigenvalue weighted by molar-refractivity contribution is 4.83. The normalized spacial score (nSPS) is 29.5. The molecule has 0 spiro atoms. The van der Waals surface area contributed by atoms with Gasteiger partial charge in [-0.15, -0.1) is 0 Å². The summed E-state index contributed by atoms with van der Waals surface area (Å²) in [6.45, 7) is 4.61. The van der Waals surface area contributed by atoms with E-state index in [2.05, 4.69) is 4.90 Å². The van der Waals surface area contributed by atoms with Gasteiger partial charge in [0.25, 0.3) is 0 Å². The number of nitrogens with zero attached hydrogens (tertiary/aromatic N) is 1. The Morgan fingerprint density at radius 2 is 1.65 bits per heavy atom. The zero-order chi connectivity index (χ0) is 12.9. The minimum Gasteiger partial charge on any atom is -0.329 e. The predicted molar refractivity (Wildman–Crippen MR) is 53.2 cm³/mol. The van der Waals surface area contributed by atoms with Crippen LogP contribution in [0.1, 0.15) is 25.7 Å². The Hall–Kier alpha value is 0.0500. The molecule has 2 aliphatic rings. The number of likely N-dealkylation sites (tertiary alicyclic amines) is 1. The van der Waals surface area contributed by atoms with Crippen molar-refractivity contribution in [2.24, 2.45) is 17.6 Å². The lowest BCUT2D eigenvalue weighted by Crippen LogP contribution is -2.58. The Labute approximate surface area is 104 Å². The quantitative estimate of drug-likeness (QED) is 0.549. The molecule has 3 N–H and O–H groups in total. The molecule has 0 radical (unpaired) electrons. The lowest BCUT2D eigenvalue weighted by atomic mass is 9.78. The lowest BCUT2D eigenvalue weighted by molar-refractivity contribution is -1.92. The Morgan fingerprint density at radius 3 is 2.06 bits per heavy atom. The van der Waals surface area contributed by atoms with E-state index in [4.69, 9.17) is 24.4 Å². The van der Waals surface area contributed by atoms with Crippen molar-refractivity contribution in [2.45, 2.75) is 25.7 Å². The molecule has 17 heavy (non-hydrogen) atoms. The molecule has 102 valence electrons. The van der Waals surface area contributed by atoms with Crippen LogP contribution in [-0.4, -0.2) is 35.7 Å². The molecule has 0 aromatic carbocycles. The van der Waals surface area contributed by atoms with Gasteiger partial charge in [-0.3, -0.25) is 0 Å². The average Bonchev–Trinajstić information content (AvgIpc) is 2.14. The fourth-order valence-corrected chi connectivity index (χ4v) is 2.90. The highest BCUT2D eigenvalue weighted by atomic mass is 35.7. The molecular weight excluding hydrogens is 248 g/mol. The van der Waals surface area contributed by atoms with Gasteiger partial charge in [-0.2, -0.15) is 14.0 Å². The minimum absolute atomic E-state index is 0.833. The SMILES string of the molecule is NCCN1CC2CCCC(C2)C1.[O-][Cl+3]([O-])([O-])O. The van der Waals surface area contributed by atoms with Crippen molar-refractivity contribution in [3.63, 3.8) is 0 Å². The first-order chi connectivity index (χ1) is 7.88. The van der Waals surface area contributed by atoms with Gasteiger partial charge >= 0.3 is 0 Å². The molecule has 2 rings (SSSR count). The Kier molecular flexibility index (Phi) is 6.08. The van der Waals surface area contributed by atoms with E-state index in [9.17, 15) is 0 Å². The van der Waals surface area contributed by atoms with Crippen molar-refractivity contribution in [1.82, 2.24) is 4.90 Å². The third-order valence-corrected chi connectivity index (χ3v) is 3.37. The van der Waals surface area contributed by atoms with Gasteiger partial charge in [0.15, 0.2) is 0 Å². The van der Waals surface area contributed by atoms with Gasteiger partial charge < -0.3 is 10.6 Å². The molecule has 1 aliphatic carbocycles. The summed E-state index contributed by atoms with van der Waals surface area (Å²) in [5, 5.41) is 0. The van der Waals surface area contributed by atoms with Crippen molar-refractivity contribution in [2.75, 3.05) is 26.2 Å². The van der Waals surface area contributed by atoms with Gasteiger partial charge in [0, 0.05) is 26.2 Å². The van der Waals surface area contributed by atoms with E-state index in [1.165, 1.54) is 38.8 Å². The Balaban J connectivity index is 0.000000249. The van der Waals surface area contributed by atoms with Crippen LogP contribution in [0.25, 0.3) is 0 Å². The standard InChI is InChI=1S/C10H20N2.ClHO4/c11-4-5-12-7-9-2-1-3-10(6-9)8-12;2-1(3,4)5/h9-10H,1-8,11H2;(H,2,3,4,5). The van der Waals surface area contributed by atoms with Crippen LogP contribution in [0.4, 0.5) is 0 Å². The van der Waals surface area contributed by atoms with Crippen LogP contribution in [0, 0.1) is 22.1 Å². The second-order valence-corrected chi connectivity index (χ2v) is 5.63. The summed E-state index contributed by atoms with van der Waals surface area (Å²) in [7, 11) is -4.69. The van der Waals surface area contributed by atoms with E-state index in [-0.39, 0.29) is 0 Å². The minimum atomic E-state index is -4.69. The van der Waals surface area contributed by atoms with Gasteiger partial charge in [0.2, 0.25) is 0 Å². The maximum atomic E-state index is 8.60. The third-order valence-electron chi connectivity index (χ3n) is 3.37. The van der Waals surface area contributed by atoms with Crippen molar-refractivity contribution in [1.29, 1.82) is 0 Å². The topological polar surface area (TPSA) is 119 Å². The molecule has 1 heterocycles. The second-order valence-electron chi connectivity index (χ2n) is 4.84. The molecule has 1 saturated carbocycles. The summed E-state index contributed by atoms with van der Waals surface area (Å²) < 4.78 is 32.7. The van der Waals surface area contributed by atoms with Crippen LogP contribution in [0.2, 0.25) is 0 Å². The number of piperidine rings is 1. The molecule has 2 atom stereocenters. The second kappa shape index (κ2) is 6.84. The summed E-state index contributed by atoms with van der Waals surface area (Å²) in [5.41, 5.74) is 5.57. The zero-order valence-corrected chi connectivity index (χ0v) is 10.6. The van der Waals surface area contributed by atoms with E-state index in [1.54, 1.807) is 0 Å². The molecule has 7 heteroatoms. The van der Waals surface area contributed by atoms with Crippen LogP contribution in [0.3, 0.4) is 0 Å². The molecule has 1 saturated heterocycles. The molecule has 0 aromatic heterocycles. The van der Waals surface area contributed by atoms with Crippen LogP contribution in [0.5, 0.6) is 0 Å². The predicted octanol–water partition coefficient (Wildman–Crippen LogP) is -3.06.